The van der Waals surface area contributed by atoms with Gasteiger partial charge in [0.1, 0.15) is 5.82 Å². The molecule has 2 unspecified atom stereocenters. The maximum absolute atomic E-state index is 13.5. The minimum atomic E-state index is -1.01. The highest BCUT2D eigenvalue weighted by molar-refractivity contribution is 7.85. The van der Waals surface area contributed by atoms with E-state index in [4.69, 9.17) is 0 Å². The Hall–Kier alpha value is -3.26. The first-order valence-corrected chi connectivity index (χ1v) is 12.7. The third kappa shape index (κ3) is 4.68. The zero-order valence-electron chi connectivity index (χ0n) is 19.8. The van der Waals surface area contributed by atoms with Gasteiger partial charge in [0.2, 0.25) is 5.91 Å². The third-order valence-corrected chi connectivity index (χ3v) is 7.65. The fourth-order valence-corrected chi connectivity index (χ4v) is 5.06. The molecule has 7 nitrogen and oxygen atoms in total. The van der Waals surface area contributed by atoms with Crippen molar-refractivity contribution in [2.24, 2.45) is 0 Å². The number of benzene rings is 1. The average molecular weight is 477 g/mol. The molecule has 1 aliphatic carbocycles. The van der Waals surface area contributed by atoms with E-state index in [2.05, 4.69) is 20.5 Å². The number of ketones is 1. The van der Waals surface area contributed by atoms with Crippen LogP contribution in [0.25, 0.3) is 0 Å². The normalized spacial score (nSPS) is 18.3. The average Bonchev–Trinajstić information content (AvgIpc) is 2.81. The second-order valence-corrected chi connectivity index (χ2v) is 10.6. The number of carbonyl (C=O) groups is 2. The largest absolute Gasteiger partial charge is 0.310 e. The van der Waals surface area contributed by atoms with Gasteiger partial charge in [0.05, 0.1) is 39.7 Å². The van der Waals surface area contributed by atoms with Crippen molar-refractivity contribution in [2.45, 2.75) is 57.3 Å². The van der Waals surface area contributed by atoms with E-state index in [1.807, 2.05) is 52.0 Å². The number of aryl methyl sites for hydroxylation is 3. The summed E-state index contributed by atoms with van der Waals surface area (Å²) in [6, 6.07) is 12.7. The van der Waals surface area contributed by atoms with E-state index in [-0.39, 0.29) is 18.1 Å². The Labute approximate surface area is 201 Å². The Morgan fingerprint density at radius 3 is 2.50 bits per heavy atom. The lowest BCUT2D eigenvalue weighted by Gasteiger charge is -2.33. The molecule has 0 saturated heterocycles. The van der Waals surface area contributed by atoms with Crippen LogP contribution in [0.15, 0.2) is 47.4 Å². The molecule has 2 atom stereocenters. The van der Waals surface area contributed by atoms with Gasteiger partial charge in [0.25, 0.3) is 0 Å². The Balaban J connectivity index is 1.51. The van der Waals surface area contributed by atoms with Gasteiger partial charge in [0.15, 0.2) is 5.78 Å². The molecule has 0 bridgehead atoms. The number of carbonyl (C=O) groups excluding carboxylic acids is 2. The highest BCUT2D eigenvalue weighted by Crippen LogP contribution is 2.38. The number of hydrogen-bond donors (Lipinski definition) is 1. The molecule has 0 aliphatic heterocycles. The van der Waals surface area contributed by atoms with Crippen LogP contribution in [-0.4, -0.2) is 36.8 Å². The molecule has 1 aromatic carbocycles. The zero-order valence-corrected chi connectivity index (χ0v) is 20.7. The molecular weight excluding hydrogens is 448 g/mol. The number of aromatic nitrogens is 3. The van der Waals surface area contributed by atoms with Crippen molar-refractivity contribution in [2.75, 3.05) is 11.1 Å². The first-order valence-electron chi connectivity index (χ1n) is 11.3. The van der Waals surface area contributed by atoms with Gasteiger partial charge >= 0.3 is 0 Å². The van der Waals surface area contributed by atoms with Crippen LogP contribution in [0, 0.1) is 13.8 Å². The van der Waals surface area contributed by atoms with Crippen molar-refractivity contribution in [3.8, 4) is 0 Å². The van der Waals surface area contributed by atoms with E-state index < -0.39 is 16.2 Å². The lowest BCUT2D eigenvalue weighted by atomic mass is 9.70. The maximum Gasteiger partial charge on any atom is 0.229 e. The summed E-state index contributed by atoms with van der Waals surface area (Å²) in [5, 5.41) is 11.3. The van der Waals surface area contributed by atoms with Gasteiger partial charge in [-0.3, -0.25) is 13.8 Å². The first kappa shape index (κ1) is 23.9. The van der Waals surface area contributed by atoms with Crippen molar-refractivity contribution < 1.29 is 13.8 Å². The summed E-state index contributed by atoms with van der Waals surface area (Å²) in [5.74, 6) is 0.789. The SMILES string of the molecule is CCS(=O)c1ccc(CC(=O)Nc2cc(C)c3c(n2)CCC(C)(c2ccc(C)nn2)C3=O)cc1. The lowest BCUT2D eigenvalue weighted by molar-refractivity contribution is -0.115. The van der Waals surface area contributed by atoms with Gasteiger partial charge in [-0.2, -0.15) is 10.2 Å². The molecule has 176 valence electrons. The molecule has 1 aliphatic rings. The van der Waals surface area contributed by atoms with Gasteiger partial charge in [-0.1, -0.05) is 19.1 Å². The predicted octanol–water partition coefficient (Wildman–Crippen LogP) is 3.88. The van der Waals surface area contributed by atoms with Crippen LogP contribution in [0.5, 0.6) is 0 Å². The molecular formula is C26H28N4O3S. The minimum absolute atomic E-state index is 0.0145. The standard InChI is InChI=1S/C26H28N4O3S/c1-5-34(33)19-9-7-18(8-10-19)15-23(31)28-22-14-16(2)24-20(27-22)12-13-26(4,25(24)32)21-11-6-17(3)29-30-21/h6-11,14H,5,12-13,15H2,1-4H3,(H,27,28,31). The summed E-state index contributed by atoms with van der Waals surface area (Å²) in [5.41, 5.74) is 3.63. The number of hydrogen-bond acceptors (Lipinski definition) is 6. The maximum atomic E-state index is 13.5. The number of pyridine rings is 1. The molecule has 3 aromatic rings. The second-order valence-electron chi connectivity index (χ2n) is 8.87. The summed E-state index contributed by atoms with van der Waals surface area (Å²) < 4.78 is 11.9. The Morgan fingerprint density at radius 1 is 1.12 bits per heavy atom. The highest BCUT2D eigenvalue weighted by Gasteiger charge is 2.42. The molecule has 1 amide bonds. The lowest BCUT2D eigenvalue weighted by Crippen LogP contribution is -2.39. The summed E-state index contributed by atoms with van der Waals surface area (Å²) >= 11 is 0. The molecule has 2 heterocycles. The quantitative estimate of drug-likeness (QED) is 0.579. The van der Waals surface area contributed by atoms with E-state index in [0.717, 1.165) is 21.7 Å². The van der Waals surface area contributed by atoms with Crippen LogP contribution in [0.2, 0.25) is 0 Å². The summed E-state index contributed by atoms with van der Waals surface area (Å²) in [6.45, 7) is 7.52. The summed E-state index contributed by atoms with van der Waals surface area (Å²) in [6.07, 6.45) is 1.36. The minimum Gasteiger partial charge on any atom is -0.310 e. The van der Waals surface area contributed by atoms with E-state index in [1.165, 1.54) is 0 Å². The van der Waals surface area contributed by atoms with Crippen molar-refractivity contribution in [1.29, 1.82) is 0 Å². The molecule has 0 saturated carbocycles. The number of fused-ring (bicyclic) bond motifs is 1. The number of nitrogens with one attached hydrogen (secondary N) is 1. The van der Waals surface area contributed by atoms with E-state index in [1.54, 1.807) is 18.2 Å². The van der Waals surface area contributed by atoms with Crippen LogP contribution in [0.4, 0.5) is 5.82 Å². The predicted molar refractivity (Wildman–Crippen MR) is 131 cm³/mol. The topological polar surface area (TPSA) is 102 Å². The van der Waals surface area contributed by atoms with Crippen LogP contribution in [-0.2, 0) is 33.9 Å². The molecule has 8 heteroatoms. The smallest absolute Gasteiger partial charge is 0.229 e. The van der Waals surface area contributed by atoms with Crippen molar-refractivity contribution in [3.05, 3.63) is 76.2 Å². The van der Waals surface area contributed by atoms with Crippen molar-refractivity contribution in [1.82, 2.24) is 15.2 Å². The Bertz CT molecular complexity index is 1270. The van der Waals surface area contributed by atoms with E-state index in [0.29, 0.717) is 41.4 Å². The highest BCUT2D eigenvalue weighted by atomic mass is 32.2. The van der Waals surface area contributed by atoms with E-state index >= 15 is 0 Å². The Kier molecular flexibility index (Phi) is 6.70. The molecule has 34 heavy (non-hydrogen) atoms. The van der Waals surface area contributed by atoms with Gasteiger partial charge in [-0.05, 0) is 75.1 Å². The second kappa shape index (κ2) is 9.54. The number of amides is 1. The van der Waals surface area contributed by atoms with Crippen LogP contribution >= 0.6 is 0 Å². The number of anilines is 1. The van der Waals surface area contributed by atoms with Crippen LogP contribution in [0.3, 0.4) is 0 Å². The van der Waals surface area contributed by atoms with Gasteiger partial charge in [0, 0.05) is 16.2 Å². The Morgan fingerprint density at radius 2 is 1.85 bits per heavy atom. The summed E-state index contributed by atoms with van der Waals surface area (Å²) in [4.78, 5) is 31.5. The fourth-order valence-electron chi connectivity index (χ4n) is 4.29. The van der Waals surface area contributed by atoms with Gasteiger partial charge < -0.3 is 5.32 Å². The number of Topliss-reactive ketones (excluding diaryl/α,β-unsaturated/α-hetero) is 1. The molecule has 4 rings (SSSR count). The molecule has 1 N–H and O–H groups in total. The monoisotopic (exact) mass is 476 g/mol. The number of rotatable bonds is 6. The molecule has 0 spiro atoms. The van der Waals surface area contributed by atoms with E-state index in [9.17, 15) is 13.8 Å². The zero-order chi connectivity index (χ0) is 24.5. The molecule has 2 aromatic heterocycles. The third-order valence-electron chi connectivity index (χ3n) is 6.33. The van der Waals surface area contributed by atoms with Crippen molar-refractivity contribution in [3.63, 3.8) is 0 Å². The van der Waals surface area contributed by atoms with Crippen LogP contribution < -0.4 is 5.32 Å². The molecule has 0 radical (unpaired) electrons. The van der Waals surface area contributed by atoms with Gasteiger partial charge in [-0.25, -0.2) is 4.98 Å². The van der Waals surface area contributed by atoms with Gasteiger partial charge in [-0.15, -0.1) is 0 Å². The van der Waals surface area contributed by atoms with Crippen molar-refractivity contribution >= 4 is 28.3 Å². The molecule has 0 fully saturated rings. The number of nitrogens with zero attached hydrogens (tertiary/aromatic N) is 3. The fraction of sp³-hybridized carbons (Fsp3) is 0.346. The summed E-state index contributed by atoms with van der Waals surface area (Å²) in [7, 11) is -1.01. The van der Waals surface area contributed by atoms with Crippen LogP contribution in [0.1, 0.15) is 58.8 Å². The first-order chi connectivity index (χ1) is 16.2.